The zero-order chi connectivity index (χ0) is 10.8. The van der Waals surface area contributed by atoms with Crippen LogP contribution in [0.4, 0.5) is 10.2 Å². The number of nitrogens with zero attached hydrogens (tertiary/aromatic N) is 2. The fourth-order valence-corrected chi connectivity index (χ4v) is 1.39. The summed E-state index contributed by atoms with van der Waals surface area (Å²) in [5.41, 5.74) is 7.67. The molecule has 15 heavy (non-hydrogen) atoms. The van der Waals surface area contributed by atoms with Crippen LogP contribution in [-0.2, 0) is 0 Å². The Labute approximate surface area is 86.8 Å². The Balaban J connectivity index is 2.64. The molecule has 2 heterocycles. The number of hydrogen-bond donors (Lipinski definition) is 1. The van der Waals surface area contributed by atoms with Crippen molar-refractivity contribution in [1.82, 2.24) is 9.97 Å². The molecule has 2 aromatic heterocycles. The van der Waals surface area contributed by atoms with Crippen molar-refractivity contribution in [1.29, 1.82) is 0 Å². The van der Waals surface area contributed by atoms with Crippen molar-refractivity contribution in [2.75, 3.05) is 5.73 Å². The summed E-state index contributed by atoms with van der Waals surface area (Å²) >= 11 is 0. The van der Waals surface area contributed by atoms with E-state index in [9.17, 15) is 4.39 Å². The van der Waals surface area contributed by atoms with E-state index in [0.29, 0.717) is 16.9 Å². The normalized spacial score (nSPS) is 10.3. The monoisotopic (exact) mass is 203 g/mol. The summed E-state index contributed by atoms with van der Waals surface area (Å²) in [6.07, 6.45) is 4.34. The number of pyridine rings is 2. The van der Waals surface area contributed by atoms with E-state index in [1.165, 1.54) is 6.20 Å². The molecule has 0 radical (unpaired) electrons. The highest BCUT2D eigenvalue weighted by Crippen LogP contribution is 2.26. The predicted octanol–water partition coefficient (Wildman–Crippen LogP) is 2.17. The molecule has 0 unspecified atom stereocenters. The van der Waals surface area contributed by atoms with Gasteiger partial charge in [0.25, 0.3) is 0 Å². The number of rotatable bonds is 1. The molecule has 4 heteroatoms. The van der Waals surface area contributed by atoms with Crippen LogP contribution in [0.25, 0.3) is 11.1 Å². The number of nitrogens with two attached hydrogens (primary N) is 1. The lowest BCUT2D eigenvalue weighted by Gasteiger charge is -2.06. The Hall–Kier alpha value is -1.97. The minimum Gasteiger partial charge on any atom is -0.383 e. The largest absolute Gasteiger partial charge is 0.383 e. The van der Waals surface area contributed by atoms with E-state index in [0.717, 1.165) is 11.8 Å². The van der Waals surface area contributed by atoms with Gasteiger partial charge in [-0.25, -0.2) is 9.37 Å². The molecule has 0 fully saturated rings. The van der Waals surface area contributed by atoms with Crippen molar-refractivity contribution in [2.24, 2.45) is 0 Å². The molecule has 0 aromatic carbocycles. The molecule has 2 rings (SSSR count). The van der Waals surface area contributed by atoms with Crippen LogP contribution in [0.15, 0.2) is 30.7 Å². The van der Waals surface area contributed by atoms with Crippen molar-refractivity contribution in [3.63, 3.8) is 0 Å². The molecule has 76 valence electrons. The van der Waals surface area contributed by atoms with Crippen LogP contribution in [0.1, 0.15) is 5.56 Å². The Morgan fingerprint density at radius 3 is 2.80 bits per heavy atom. The van der Waals surface area contributed by atoms with Gasteiger partial charge in [0, 0.05) is 23.5 Å². The number of nitrogen functional groups attached to an aromatic ring is 1. The van der Waals surface area contributed by atoms with Crippen molar-refractivity contribution in [3.05, 3.63) is 42.1 Å². The second-order valence-corrected chi connectivity index (χ2v) is 3.30. The Morgan fingerprint density at radius 1 is 1.27 bits per heavy atom. The van der Waals surface area contributed by atoms with E-state index in [2.05, 4.69) is 9.97 Å². The van der Waals surface area contributed by atoms with E-state index < -0.39 is 5.82 Å². The Kier molecular flexibility index (Phi) is 2.33. The highest BCUT2D eigenvalue weighted by Gasteiger charge is 2.08. The number of aromatic nitrogens is 2. The first-order chi connectivity index (χ1) is 7.18. The molecule has 0 spiro atoms. The summed E-state index contributed by atoms with van der Waals surface area (Å²) < 4.78 is 13.4. The predicted molar refractivity (Wildman–Crippen MR) is 56.6 cm³/mol. The van der Waals surface area contributed by atoms with Gasteiger partial charge < -0.3 is 5.73 Å². The van der Waals surface area contributed by atoms with Gasteiger partial charge >= 0.3 is 0 Å². The fraction of sp³-hybridized carbons (Fsp3) is 0.0909. The Bertz CT molecular complexity index is 497. The van der Waals surface area contributed by atoms with E-state index in [1.807, 2.05) is 6.92 Å². The quantitative estimate of drug-likeness (QED) is 0.772. The summed E-state index contributed by atoms with van der Waals surface area (Å²) in [6.45, 7) is 1.88. The molecule has 2 aromatic rings. The standard InChI is InChI=1S/C11H10FN3/c1-7-4-9(11(13)15-5-7)8-2-3-14-6-10(8)12/h2-6H,1H3,(H2,13,15). The minimum atomic E-state index is -0.392. The van der Waals surface area contributed by atoms with Crippen LogP contribution >= 0.6 is 0 Å². The van der Waals surface area contributed by atoms with Crippen molar-refractivity contribution in [3.8, 4) is 11.1 Å². The zero-order valence-electron chi connectivity index (χ0n) is 8.24. The molecule has 0 bridgehead atoms. The van der Waals surface area contributed by atoms with Crippen molar-refractivity contribution >= 4 is 5.82 Å². The smallest absolute Gasteiger partial charge is 0.149 e. The first kappa shape index (κ1) is 9.58. The van der Waals surface area contributed by atoms with Gasteiger partial charge in [0.1, 0.15) is 11.6 Å². The van der Waals surface area contributed by atoms with Gasteiger partial charge in [0.15, 0.2) is 0 Å². The zero-order valence-corrected chi connectivity index (χ0v) is 8.24. The van der Waals surface area contributed by atoms with Crippen LogP contribution in [0.3, 0.4) is 0 Å². The van der Waals surface area contributed by atoms with Crippen LogP contribution in [-0.4, -0.2) is 9.97 Å². The van der Waals surface area contributed by atoms with Gasteiger partial charge in [-0.2, -0.15) is 0 Å². The van der Waals surface area contributed by atoms with Gasteiger partial charge in [0.2, 0.25) is 0 Å². The molecule has 0 amide bonds. The van der Waals surface area contributed by atoms with Crippen LogP contribution in [0.5, 0.6) is 0 Å². The van der Waals surface area contributed by atoms with Gasteiger partial charge in [-0.3, -0.25) is 4.98 Å². The number of hydrogen-bond acceptors (Lipinski definition) is 3. The molecule has 0 aliphatic carbocycles. The molecular weight excluding hydrogens is 193 g/mol. The van der Waals surface area contributed by atoms with Crippen LogP contribution in [0.2, 0.25) is 0 Å². The first-order valence-corrected chi connectivity index (χ1v) is 4.50. The van der Waals surface area contributed by atoms with E-state index in [4.69, 9.17) is 5.73 Å². The number of halogens is 1. The third kappa shape index (κ3) is 1.79. The summed E-state index contributed by atoms with van der Waals surface area (Å²) in [4.78, 5) is 7.67. The molecular formula is C11H10FN3. The molecule has 3 nitrogen and oxygen atoms in total. The molecule has 0 aliphatic heterocycles. The van der Waals surface area contributed by atoms with Crippen LogP contribution < -0.4 is 5.73 Å². The highest BCUT2D eigenvalue weighted by atomic mass is 19.1. The van der Waals surface area contributed by atoms with E-state index >= 15 is 0 Å². The van der Waals surface area contributed by atoms with E-state index in [1.54, 1.807) is 18.3 Å². The summed E-state index contributed by atoms with van der Waals surface area (Å²) in [5, 5.41) is 0. The van der Waals surface area contributed by atoms with Crippen molar-refractivity contribution in [2.45, 2.75) is 6.92 Å². The third-order valence-corrected chi connectivity index (χ3v) is 2.12. The summed E-state index contributed by atoms with van der Waals surface area (Å²) in [7, 11) is 0. The lowest BCUT2D eigenvalue weighted by molar-refractivity contribution is 0.625. The first-order valence-electron chi connectivity index (χ1n) is 4.50. The van der Waals surface area contributed by atoms with Gasteiger partial charge in [-0.05, 0) is 24.6 Å². The molecule has 0 saturated carbocycles. The van der Waals surface area contributed by atoms with Crippen molar-refractivity contribution < 1.29 is 4.39 Å². The third-order valence-electron chi connectivity index (χ3n) is 2.12. The fourth-order valence-electron chi connectivity index (χ4n) is 1.39. The molecule has 2 N–H and O–H groups in total. The lowest BCUT2D eigenvalue weighted by Crippen LogP contribution is -1.96. The maximum atomic E-state index is 13.4. The van der Waals surface area contributed by atoms with E-state index in [-0.39, 0.29) is 0 Å². The minimum absolute atomic E-state index is 0.325. The average molecular weight is 203 g/mol. The summed E-state index contributed by atoms with van der Waals surface area (Å²) in [6, 6.07) is 3.39. The maximum Gasteiger partial charge on any atom is 0.149 e. The Morgan fingerprint density at radius 2 is 2.07 bits per heavy atom. The number of anilines is 1. The highest BCUT2D eigenvalue weighted by molar-refractivity contribution is 5.74. The lowest BCUT2D eigenvalue weighted by atomic mass is 10.1. The molecule has 0 saturated heterocycles. The van der Waals surface area contributed by atoms with Gasteiger partial charge in [-0.15, -0.1) is 0 Å². The van der Waals surface area contributed by atoms with Gasteiger partial charge in [-0.1, -0.05) is 0 Å². The SMILES string of the molecule is Cc1cnc(N)c(-c2ccncc2F)c1. The average Bonchev–Trinajstić information content (AvgIpc) is 2.23. The summed E-state index contributed by atoms with van der Waals surface area (Å²) in [5.74, 6) is -0.0673. The van der Waals surface area contributed by atoms with Gasteiger partial charge in [0.05, 0.1) is 6.20 Å². The van der Waals surface area contributed by atoms with Crippen LogP contribution in [0, 0.1) is 12.7 Å². The second-order valence-electron chi connectivity index (χ2n) is 3.30. The maximum absolute atomic E-state index is 13.4. The molecule has 0 atom stereocenters. The topological polar surface area (TPSA) is 51.8 Å². The molecule has 0 aliphatic rings. The number of aryl methyl sites for hydroxylation is 1. The second kappa shape index (κ2) is 3.65.